The van der Waals surface area contributed by atoms with Gasteiger partial charge >= 0.3 is 0 Å². The van der Waals surface area contributed by atoms with Crippen molar-refractivity contribution in [3.05, 3.63) is 41.5 Å². The summed E-state index contributed by atoms with van der Waals surface area (Å²) in [5, 5.41) is 0. The van der Waals surface area contributed by atoms with Crippen molar-refractivity contribution < 1.29 is 4.74 Å². The number of anilines is 1. The van der Waals surface area contributed by atoms with E-state index in [1.54, 1.807) is 0 Å². The van der Waals surface area contributed by atoms with E-state index in [1.165, 1.54) is 29.7 Å². The number of hydrogen-bond acceptors (Lipinski definition) is 2. The zero-order valence-electron chi connectivity index (χ0n) is 13.9. The third kappa shape index (κ3) is 2.62. The molecular weight excluding hydrogens is 258 g/mol. The molecule has 2 aliphatic rings. The van der Waals surface area contributed by atoms with Crippen LogP contribution in [0.15, 0.2) is 35.9 Å². The zero-order valence-corrected chi connectivity index (χ0v) is 13.9. The van der Waals surface area contributed by atoms with E-state index in [0.717, 1.165) is 0 Å². The molecule has 3 atom stereocenters. The lowest BCUT2D eigenvalue weighted by Gasteiger charge is -2.49. The molecule has 0 radical (unpaired) electrons. The first kappa shape index (κ1) is 14.6. The summed E-state index contributed by atoms with van der Waals surface area (Å²) < 4.78 is 6.54. The molecule has 0 saturated carbocycles. The van der Waals surface area contributed by atoms with E-state index in [-0.39, 0.29) is 11.7 Å². The quantitative estimate of drug-likeness (QED) is 0.738. The molecule has 114 valence electrons. The number of ether oxygens (including phenoxy) is 1. The molecule has 1 aromatic rings. The van der Waals surface area contributed by atoms with Crippen LogP contribution in [-0.4, -0.2) is 19.7 Å². The van der Waals surface area contributed by atoms with Gasteiger partial charge in [-0.2, -0.15) is 0 Å². The molecule has 1 aliphatic carbocycles. The molecule has 21 heavy (non-hydrogen) atoms. The van der Waals surface area contributed by atoms with Crippen molar-refractivity contribution in [1.82, 2.24) is 0 Å². The molecule has 0 spiro atoms. The number of fused-ring (bicyclic) bond motifs is 2. The van der Waals surface area contributed by atoms with E-state index in [1.807, 2.05) is 0 Å². The molecule has 2 nitrogen and oxygen atoms in total. The first-order valence-corrected chi connectivity index (χ1v) is 8.00. The van der Waals surface area contributed by atoms with E-state index < -0.39 is 0 Å². The van der Waals surface area contributed by atoms with Crippen molar-refractivity contribution in [2.45, 2.75) is 45.3 Å². The van der Waals surface area contributed by atoms with Gasteiger partial charge in [0.2, 0.25) is 0 Å². The van der Waals surface area contributed by atoms with Crippen molar-refractivity contribution in [2.24, 2.45) is 11.8 Å². The van der Waals surface area contributed by atoms with Gasteiger partial charge in [-0.3, -0.25) is 0 Å². The molecule has 0 N–H and O–H groups in total. The number of allylic oxidation sites excluding steroid dienone is 1. The second kappa shape index (κ2) is 5.17. The normalized spacial score (nSPS) is 30.7. The van der Waals surface area contributed by atoms with Crippen LogP contribution in [0.2, 0.25) is 0 Å². The molecule has 1 aromatic carbocycles. The summed E-state index contributed by atoms with van der Waals surface area (Å²) in [6, 6.07) is 8.86. The van der Waals surface area contributed by atoms with Crippen LogP contribution in [0.1, 0.15) is 45.3 Å². The number of rotatable bonds is 2. The van der Waals surface area contributed by atoms with Crippen molar-refractivity contribution >= 4 is 5.69 Å². The largest absolute Gasteiger partial charge is 0.378 e. The van der Waals surface area contributed by atoms with Crippen LogP contribution < -0.4 is 4.90 Å². The van der Waals surface area contributed by atoms with Gasteiger partial charge in [0.25, 0.3) is 0 Å². The maximum Gasteiger partial charge on any atom is 0.0897 e. The van der Waals surface area contributed by atoms with Crippen molar-refractivity contribution in [3.8, 4) is 0 Å². The van der Waals surface area contributed by atoms with Gasteiger partial charge < -0.3 is 9.64 Å². The molecule has 2 bridgehead atoms. The van der Waals surface area contributed by atoms with Gasteiger partial charge in [-0.15, -0.1) is 0 Å². The molecule has 1 fully saturated rings. The molecule has 0 amide bonds. The standard InChI is InChI=1S/C19H27NO/c1-13-6-9-15-12-17(13)18(21-19(15,2)3)14-7-10-16(11-8-14)20(4)5/h6-8,10-11,15,17-18H,9,12H2,1-5H3/t15-,17-,18+/m1/s1. The maximum absolute atomic E-state index is 6.54. The number of nitrogens with zero attached hydrogens (tertiary/aromatic N) is 1. The Bertz CT molecular complexity index is 541. The molecule has 1 saturated heterocycles. The van der Waals surface area contributed by atoms with Crippen LogP contribution in [0.5, 0.6) is 0 Å². The fraction of sp³-hybridized carbons (Fsp3) is 0.579. The minimum absolute atomic E-state index is 0.0292. The summed E-state index contributed by atoms with van der Waals surface area (Å²) in [6.07, 6.45) is 5.06. The first-order valence-electron chi connectivity index (χ1n) is 8.00. The van der Waals surface area contributed by atoms with Gasteiger partial charge in [-0.05, 0) is 57.2 Å². The van der Waals surface area contributed by atoms with E-state index >= 15 is 0 Å². The van der Waals surface area contributed by atoms with Gasteiger partial charge in [-0.1, -0.05) is 23.8 Å². The Morgan fingerprint density at radius 2 is 1.81 bits per heavy atom. The highest BCUT2D eigenvalue weighted by Crippen LogP contribution is 2.50. The first-order chi connectivity index (χ1) is 9.88. The summed E-state index contributed by atoms with van der Waals surface area (Å²) in [7, 11) is 4.15. The molecular formula is C19H27NO. The van der Waals surface area contributed by atoms with Crippen LogP contribution in [0.4, 0.5) is 5.69 Å². The predicted octanol–water partition coefficient (Wildman–Crippen LogP) is 4.58. The molecule has 3 rings (SSSR count). The lowest BCUT2D eigenvalue weighted by molar-refractivity contribution is -0.166. The summed E-state index contributed by atoms with van der Waals surface area (Å²) in [5.74, 6) is 1.20. The third-order valence-electron chi connectivity index (χ3n) is 5.37. The molecule has 1 aliphatic heterocycles. The molecule has 1 heterocycles. The van der Waals surface area contributed by atoms with E-state index in [0.29, 0.717) is 11.8 Å². The summed E-state index contributed by atoms with van der Waals surface area (Å²) in [5.41, 5.74) is 4.02. The second-order valence-corrected chi connectivity index (χ2v) is 7.35. The predicted molar refractivity (Wildman–Crippen MR) is 88.6 cm³/mol. The Morgan fingerprint density at radius 1 is 1.14 bits per heavy atom. The number of benzene rings is 1. The molecule has 0 unspecified atom stereocenters. The lowest BCUT2D eigenvalue weighted by Crippen LogP contribution is -2.45. The van der Waals surface area contributed by atoms with E-state index in [4.69, 9.17) is 4.74 Å². The Hall–Kier alpha value is -1.28. The smallest absolute Gasteiger partial charge is 0.0897 e. The van der Waals surface area contributed by atoms with Crippen LogP contribution >= 0.6 is 0 Å². The summed E-state index contributed by atoms with van der Waals surface area (Å²) in [6.45, 7) is 6.77. The minimum Gasteiger partial charge on any atom is -0.378 e. The van der Waals surface area contributed by atoms with Gasteiger partial charge in [0, 0.05) is 25.7 Å². The zero-order chi connectivity index (χ0) is 15.2. The fourth-order valence-corrected chi connectivity index (χ4v) is 3.77. The summed E-state index contributed by atoms with van der Waals surface area (Å²) in [4.78, 5) is 2.14. The van der Waals surface area contributed by atoms with Gasteiger partial charge in [0.05, 0.1) is 11.7 Å². The van der Waals surface area contributed by atoms with Crippen molar-refractivity contribution in [2.75, 3.05) is 19.0 Å². The minimum atomic E-state index is -0.0292. The third-order valence-corrected chi connectivity index (χ3v) is 5.37. The second-order valence-electron chi connectivity index (χ2n) is 7.35. The van der Waals surface area contributed by atoms with E-state index in [9.17, 15) is 0 Å². The SMILES string of the molecule is CC1=CC[C@@H]2C[C@H]1[C@H](c1ccc(N(C)C)cc1)OC2(C)C. The fourth-order valence-electron chi connectivity index (χ4n) is 3.77. The maximum atomic E-state index is 6.54. The molecule has 0 aromatic heterocycles. The highest BCUT2D eigenvalue weighted by Gasteiger charge is 2.45. The van der Waals surface area contributed by atoms with Gasteiger partial charge in [-0.25, -0.2) is 0 Å². The Labute approximate surface area is 128 Å². The van der Waals surface area contributed by atoms with Crippen LogP contribution in [0.3, 0.4) is 0 Å². The van der Waals surface area contributed by atoms with Gasteiger partial charge in [0.15, 0.2) is 0 Å². The topological polar surface area (TPSA) is 12.5 Å². The van der Waals surface area contributed by atoms with Gasteiger partial charge in [0.1, 0.15) is 0 Å². The van der Waals surface area contributed by atoms with E-state index in [2.05, 4.69) is 70.1 Å². The monoisotopic (exact) mass is 285 g/mol. The highest BCUT2D eigenvalue weighted by molar-refractivity contribution is 5.46. The Balaban J connectivity index is 1.92. The Kier molecular flexibility index (Phi) is 3.61. The number of hydrogen-bond donors (Lipinski definition) is 0. The lowest BCUT2D eigenvalue weighted by atomic mass is 9.69. The molecule has 2 heteroatoms. The average molecular weight is 285 g/mol. The Morgan fingerprint density at radius 3 is 2.43 bits per heavy atom. The van der Waals surface area contributed by atoms with Crippen LogP contribution in [0, 0.1) is 11.8 Å². The van der Waals surface area contributed by atoms with Crippen LogP contribution in [-0.2, 0) is 4.74 Å². The highest BCUT2D eigenvalue weighted by atomic mass is 16.5. The van der Waals surface area contributed by atoms with Crippen molar-refractivity contribution in [3.63, 3.8) is 0 Å². The van der Waals surface area contributed by atoms with Crippen LogP contribution in [0.25, 0.3) is 0 Å². The van der Waals surface area contributed by atoms with Crippen molar-refractivity contribution in [1.29, 1.82) is 0 Å². The summed E-state index contributed by atoms with van der Waals surface area (Å²) >= 11 is 0. The average Bonchev–Trinajstić information content (AvgIpc) is 2.45.